The number of aromatic nitrogens is 2. The molecule has 6 heteroatoms. The number of carbonyl (C=O) groups excluding carboxylic acids is 1. The Hall–Kier alpha value is -1.43. The second-order valence-electron chi connectivity index (χ2n) is 5.00. The van der Waals surface area contributed by atoms with Crippen molar-refractivity contribution >= 4 is 5.97 Å². The summed E-state index contributed by atoms with van der Waals surface area (Å²) in [5, 5.41) is 6.94. The molecule has 0 aliphatic carbocycles. The van der Waals surface area contributed by atoms with Crippen LogP contribution >= 0.6 is 0 Å². The van der Waals surface area contributed by atoms with Crippen LogP contribution in [0.2, 0.25) is 0 Å². The molecule has 0 radical (unpaired) electrons. The topological polar surface area (TPSA) is 77.2 Å². The number of ether oxygens (including phenoxy) is 1. The van der Waals surface area contributed by atoms with Crippen molar-refractivity contribution in [2.75, 3.05) is 13.2 Å². The summed E-state index contributed by atoms with van der Waals surface area (Å²) in [6.45, 7) is 9.27. The molecular weight excluding hydrogens is 234 g/mol. The van der Waals surface area contributed by atoms with Gasteiger partial charge in [-0.3, -0.25) is 4.79 Å². The van der Waals surface area contributed by atoms with E-state index in [1.807, 2.05) is 20.8 Å². The fraction of sp³-hybridized carbons (Fsp3) is 0.750. The predicted molar refractivity (Wildman–Crippen MR) is 66.0 cm³/mol. The summed E-state index contributed by atoms with van der Waals surface area (Å²) in [7, 11) is 0. The van der Waals surface area contributed by atoms with Gasteiger partial charge in [-0.25, -0.2) is 0 Å². The van der Waals surface area contributed by atoms with E-state index in [1.165, 1.54) is 0 Å². The lowest BCUT2D eigenvalue weighted by atomic mass is 9.97. The minimum Gasteiger partial charge on any atom is -0.466 e. The van der Waals surface area contributed by atoms with Crippen LogP contribution in [0.5, 0.6) is 0 Å². The molecule has 1 N–H and O–H groups in total. The van der Waals surface area contributed by atoms with Crippen molar-refractivity contribution in [1.29, 1.82) is 0 Å². The Kier molecular flexibility index (Phi) is 5.27. The first-order valence-corrected chi connectivity index (χ1v) is 6.13. The Morgan fingerprint density at radius 3 is 2.72 bits per heavy atom. The molecule has 0 aliphatic rings. The number of carbonyl (C=O) groups is 1. The maximum Gasteiger partial charge on any atom is 0.307 e. The third-order valence-electron chi connectivity index (χ3n) is 2.20. The molecule has 0 saturated heterocycles. The van der Waals surface area contributed by atoms with Crippen molar-refractivity contribution < 1.29 is 14.1 Å². The standard InChI is InChI=1S/C12H21N3O3/c1-5-17-10(16)6-7-13-8-9-14-11(18-15-9)12(2,3)4/h13H,5-8H2,1-4H3. The number of nitrogens with one attached hydrogen (secondary N) is 1. The molecule has 18 heavy (non-hydrogen) atoms. The molecule has 1 heterocycles. The van der Waals surface area contributed by atoms with Gasteiger partial charge in [0.05, 0.1) is 19.6 Å². The highest BCUT2D eigenvalue weighted by molar-refractivity contribution is 5.69. The minimum absolute atomic E-state index is 0.143. The Balaban J connectivity index is 2.28. The van der Waals surface area contributed by atoms with Gasteiger partial charge in [0.15, 0.2) is 5.82 Å². The van der Waals surface area contributed by atoms with E-state index in [9.17, 15) is 4.79 Å². The van der Waals surface area contributed by atoms with Crippen molar-refractivity contribution in [2.45, 2.75) is 46.1 Å². The highest BCUT2D eigenvalue weighted by Crippen LogP contribution is 2.19. The van der Waals surface area contributed by atoms with Gasteiger partial charge in [-0.15, -0.1) is 0 Å². The molecule has 1 aromatic heterocycles. The van der Waals surface area contributed by atoms with Gasteiger partial charge in [-0.2, -0.15) is 4.98 Å². The van der Waals surface area contributed by atoms with E-state index < -0.39 is 0 Å². The van der Waals surface area contributed by atoms with E-state index in [1.54, 1.807) is 6.92 Å². The summed E-state index contributed by atoms with van der Waals surface area (Å²) in [6, 6.07) is 0. The number of nitrogens with zero attached hydrogens (tertiary/aromatic N) is 2. The van der Waals surface area contributed by atoms with E-state index in [4.69, 9.17) is 9.26 Å². The van der Waals surface area contributed by atoms with Crippen LogP contribution in [0.25, 0.3) is 0 Å². The van der Waals surface area contributed by atoms with Crippen LogP contribution in [0.4, 0.5) is 0 Å². The lowest BCUT2D eigenvalue weighted by Crippen LogP contribution is -2.20. The maximum atomic E-state index is 11.1. The highest BCUT2D eigenvalue weighted by Gasteiger charge is 2.21. The summed E-state index contributed by atoms with van der Waals surface area (Å²) in [4.78, 5) is 15.4. The Morgan fingerprint density at radius 2 is 2.17 bits per heavy atom. The Labute approximate surface area is 107 Å². The van der Waals surface area contributed by atoms with Crippen molar-refractivity contribution in [3.63, 3.8) is 0 Å². The van der Waals surface area contributed by atoms with Crippen LogP contribution in [0.3, 0.4) is 0 Å². The van der Waals surface area contributed by atoms with Crippen molar-refractivity contribution in [2.24, 2.45) is 0 Å². The van der Waals surface area contributed by atoms with Crippen molar-refractivity contribution in [3.05, 3.63) is 11.7 Å². The average molecular weight is 255 g/mol. The van der Waals surface area contributed by atoms with Crippen molar-refractivity contribution in [1.82, 2.24) is 15.5 Å². The predicted octanol–water partition coefficient (Wildman–Crippen LogP) is 1.41. The SMILES string of the molecule is CCOC(=O)CCNCc1noc(C(C)(C)C)n1. The van der Waals surface area contributed by atoms with Gasteiger partial charge < -0.3 is 14.6 Å². The fourth-order valence-electron chi connectivity index (χ4n) is 1.25. The van der Waals surface area contributed by atoms with Crippen LogP contribution in [-0.4, -0.2) is 29.3 Å². The second-order valence-corrected chi connectivity index (χ2v) is 5.00. The third-order valence-corrected chi connectivity index (χ3v) is 2.20. The molecule has 0 fully saturated rings. The molecule has 0 spiro atoms. The summed E-state index contributed by atoms with van der Waals surface area (Å²) < 4.78 is 9.97. The maximum absolute atomic E-state index is 11.1. The van der Waals surface area contributed by atoms with Gasteiger partial charge >= 0.3 is 5.97 Å². The summed E-state index contributed by atoms with van der Waals surface area (Å²) in [5.41, 5.74) is -0.143. The van der Waals surface area contributed by atoms with E-state index >= 15 is 0 Å². The number of rotatable bonds is 6. The summed E-state index contributed by atoms with van der Waals surface area (Å²) in [5.74, 6) is 1.02. The van der Waals surface area contributed by atoms with Gasteiger partial charge in [-0.1, -0.05) is 25.9 Å². The van der Waals surface area contributed by atoms with Gasteiger partial charge in [0, 0.05) is 12.0 Å². The lowest BCUT2D eigenvalue weighted by Gasteiger charge is -2.10. The fourth-order valence-corrected chi connectivity index (χ4v) is 1.25. The lowest BCUT2D eigenvalue weighted by molar-refractivity contribution is -0.142. The van der Waals surface area contributed by atoms with Crippen LogP contribution in [0, 0.1) is 0 Å². The molecule has 0 saturated carbocycles. The van der Waals surface area contributed by atoms with E-state index in [-0.39, 0.29) is 11.4 Å². The van der Waals surface area contributed by atoms with Crippen molar-refractivity contribution in [3.8, 4) is 0 Å². The molecule has 0 amide bonds. The van der Waals surface area contributed by atoms with Crippen LogP contribution in [0.1, 0.15) is 45.8 Å². The number of hydrogen-bond acceptors (Lipinski definition) is 6. The van der Waals surface area contributed by atoms with E-state index in [2.05, 4.69) is 15.5 Å². The monoisotopic (exact) mass is 255 g/mol. The summed E-state index contributed by atoms with van der Waals surface area (Å²) in [6.07, 6.45) is 0.345. The first kappa shape index (κ1) is 14.6. The van der Waals surface area contributed by atoms with Gasteiger partial charge in [0.1, 0.15) is 0 Å². The third kappa shape index (κ3) is 4.83. The number of esters is 1. The van der Waals surface area contributed by atoms with Crippen LogP contribution in [0.15, 0.2) is 4.52 Å². The highest BCUT2D eigenvalue weighted by atomic mass is 16.5. The molecule has 102 valence electrons. The first-order chi connectivity index (χ1) is 8.43. The zero-order valence-corrected chi connectivity index (χ0v) is 11.4. The van der Waals surface area contributed by atoms with Gasteiger partial charge in [-0.05, 0) is 6.92 Å². The first-order valence-electron chi connectivity index (χ1n) is 6.13. The quantitative estimate of drug-likeness (QED) is 0.611. The second kappa shape index (κ2) is 6.49. The minimum atomic E-state index is -0.200. The van der Waals surface area contributed by atoms with Crippen LogP contribution in [-0.2, 0) is 21.5 Å². The summed E-state index contributed by atoms with van der Waals surface area (Å²) >= 11 is 0. The molecule has 0 aliphatic heterocycles. The molecule has 0 atom stereocenters. The molecule has 1 rings (SSSR count). The molecular formula is C12H21N3O3. The zero-order chi connectivity index (χ0) is 13.6. The smallest absolute Gasteiger partial charge is 0.307 e. The molecule has 0 bridgehead atoms. The largest absolute Gasteiger partial charge is 0.466 e. The molecule has 0 aromatic carbocycles. The van der Waals surface area contributed by atoms with E-state index in [0.29, 0.717) is 37.8 Å². The Morgan fingerprint density at radius 1 is 1.44 bits per heavy atom. The van der Waals surface area contributed by atoms with Gasteiger partial charge in [0.25, 0.3) is 0 Å². The normalized spacial score (nSPS) is 11.6. The Bertz CT molecular complexity index is 382. The van der Waals surface area contributed by atoms with Gasteiger partial charge in [0.2, 0.25) is 5.89 Å². The zero-order valence-electron chi connectivity index (χ0n) is 11.4. The van der Waals surface area contributed by atoms with E-state index in [0.717, 1.165) is 0 Å². The molecule has 1 aromatic rings. The number of hydrogen-bond donors (Lipinski definition) is 1. The van der Waals surface area contributed by atoms with Crippen LogP contribution < -0.4 is 5.32 Å². The average Bonchev–Trinajstić information content (AvgIpc) is 2.73. The molecule has 6 nitrogen and oxygen atoms in total. The molecule has 0 unspecified atom stereocenters.